The van der Waals surface area contributed by atoms with Crippen molar-refractivity contribution in [2.45, 2.75) is 23.5 Å². The zero-order chi connectivity index (χ0) is 33.2. The predicted molar refractivity (Wildman–Crippen MR) is 188 cm³/mol. The van der Waals surface area contributed by atoms with Gasteiger partial charge in [-0.15, -0.1) is 11.8 Å². The third kappa shape index (κ3) is 8.55. The van der Waals surface area contributed by atoms with E-state index in [1.807, 2.05) is 79.7 Å². The molecule has 0 spiro atoms. The highest BCUT2D eigenvalue weighted by molar-refractivity contribution is 8.00. The van der Waals surface area contributed by atoms with Gasteiger partial charge in [0, 0.05) is 33.1 Å². The number of anilines is 3. The Hall–Kier alpha value is -5.18. The number of nitrogens with zero attached hydrogens (tertiary/aromatic N) is 1. The molecule has 47 heavy (non-hydrogen) atoms. The summed E-state index contributed by atoms with van der Waals surface area (Å²) in [7, 11) is 0. The molecule has 5 aromatic carbocycles. The summed E-state index contributed by atoms with van der Waals surface area (Å²) in [5, 5.41) is 5.06. The van der Waals surface area contributed by atoms with Crippen LogP contribution in [0.25, 0.3) is 6.08 Å². The molecule has 0 aliphatic carbocycles. The van der Waals surface area contributed by atoms with Gasteiger partial charge in [-0.1, -0.05) is 79.2 Å². The SMILES string of the molecule is CCC(Sc1ccc(NC(=O)/C(=C/c2c(F)cccc2Cl)NC(=O)c2ccccc2)cc1)C(=O)N(c1ccccc1)c1ccccc1. The zero-order valence-electron chi connectivity index (χ0n) is 25.4. The number of thioether (sulfide) groups is 1. The molecular weight excluding hydrogens is 633 g/mol. The number of hydrogen-bond acceptors (Lipinski definition) is 4. The van der Waals surface area contributed by atoms with Crippen LogP contribution < -0.4 is 15.5 Å². The number of hydrogen-bond donors (Lipinski definition) is 2. The molecule has 0 radical (unpaired) electrons. The molecular formula is C38H31ClFN3O3S. The molecule has 0 bridgehead atoms. The average molecular weight is 664 g/mol. The number of amides is 3. The van der Waals surface area contributed by atoms with E-state index in [-0.39, 0.29) is 27.4 Å². The zero-order valence-corrected chi connectivity index (χ0v) is 27.0. The van der Waals surface area contributed by atoms with Gasteiger partial charge in [-0.25, -0.2) is 4.39 Å². The van der Waals surface area contributed by atoms with E-state index in [1.54, 1.807) is 47.4 Å². The first-order chi connectivity index (χ1) is 22.8. The van der Waals surface area contributed by atoms with E-state index >= 15 is 0 Å². The maximum Gasteiger partial charge on any atom is 0.272 e. The standard InChI is InChI=1S/C38H31ClFN3O3S/c1-2-35(38(46)43(28-15-8-4-9-16-28)29-17-10-5-11-18-29)47-30-23-21-27(22-24-30)41-37(45)34(25-31-32(39)19-12-20-33(31)40)42-36(44)26-13-6-3-7-14-26/h3-25,35H,2H2,1H3,(H,41,45)(H,42,44)/b34-25-. The summed E-state index contributed by atoms with van der Waals surface area (Å²) >= 11 is 7.65. The molecule has 236 valence electrons. The van der Waals surface area contributed by atoms with Crippen molar-refractivity contribution in [2.24, 2.45) is 0 Å². The summed E-state index contributed by atoms with van der Waals surface area (Å²) in [6.45, 7) is 1.97. The first-order valence-corrected chi connectivity index (χ1v) is 16.1. The Morgan fingerprint density at radius 1 is 0.787 bits per heavy atom. The van der Waals surface area contributed by atoms with Gasteiger partial charge in [0.1, 0.15) is 11.5 Å². The third-order valence-corrected chi connectivity index (χ3v) is 8.80. The van der Waals surface area contributed by atoms with E-state index in [4.69, 9.17) is 11.6 Å². The number of benzene rings is 5. The molecule has 0 aliphatic rings. The lowest BCUT2D eigenvalue weighted by Crippen LogP contribution is -2.34. The van der Waals surface area contributed by atoms with E-state index in [0.29, 0.717) is 17.7 Å². The lowest BCUT2D eigenvalue weighted by Gasteiger charge is -2.27. The average Bonchev–Trinajstić information content (AvgIpc) is 3.10. The van der Waals surface area contributed by atoms with Gasteiger partial charge in [0.25, 0.3) is 11.8 Å². The van der Waals surface area contributed by atoms with Crippen LogP contribution in [-0.2, 0) is 9.59 Å². The van der Waals surface area contributed by atoms with Crippen LogP contribution in [0, 0.1) is 5.82 Å². The van der Waals surface area contributed by atoms with Crippen LogP contribution >= 0.6 is 23.4 Å². The molecule has 0 saturated heterocycles. The first kappa shape index (κ1) is 33.2. The number of rotatable bonds is 11. The topological polar surface area (TPSA) is 78.5 Å². The molecule has 0 heterocycles. The monoisotopic (exact) mass is 663 g/mol. The summed E-state index contributed by atoms with van der Waals surface area (Å²) in [6.07, 6.45) is 1.80. The fourth-order valence-corrected chi connectivity index (χ4v) is 5.94. The van der Waals surface area contributed by atoms with Gasteiger partial charge < -0.3 is 10.6 Å². The molecule has 5 aromatic rings. The normalized spacial score (nSPS) is 11.8. The molecule has 1 atom stereocenters. The number of halogens is 2. The fourth-order valence-electron chi connectivity index (χ4n) is 4.72. The van der Waals surface area contributed by atoms with E-state index in [1.165, 1.54) is 36.0 Å². The molecule has 0 aromatic heterocycles. The molecule has 9 heteroatoms. The maximum absolute atomic E-state index is 14.6. The lowest BCUT2D eigenvalue weighted by atomic mass is 10.1. The van der Waals surface area contributed by atoms with Crippen LogP contribution in [0.2, 0.25) is 5.02 Å². The molecule has 0 fully saturated rings. The highest BCUT2D eigenvalue weighted by Crippen LogP contribution is 2.33. The summed E-state index contributed by atoms with van der Waals surface area (Å²) in [5.41, 5.74) is 2.10. The Kier molecular flexibility index (Phi) is 11.2. The van der Waals surface area contributed by atoms with Crippen LogP contribution in [0.1, 0.15) is 29.3 Å². The van der Waals surface area contributed by atoms with Gasteiger partial charge in [-0.2, -0.15) is 0 Å². The Labute approximate surface area is 282 Å². The molecule has 6 nitrogen and oxygen atoms in total. The minimum absolute atomic E-state index is 0.0326. The molecule has 2 N–H and O–H groups in total. The Morgan fingerprint density at radius 3 is 1.91 bits per heavy atom. The smallest absolute Gasteiger partial charge is 0.272 e. The van der Waals surface area contributed by atoms with Crippen molar-refractivity contribution in [1.82, 2.24) is 5.32 Å². The number of para-hydroxylation sites is 2. The Balaban J connectivity index is 1.34. The second-order valence-electron chi connectivity index (χ2n) is 10.4. The number of nitrogens with one attached hydrogen (secondary N) is 2. The lowest BCUT2D eigenvalue weighted by molar-refractivity contribution is -0.117. The van der Waals surface area contributed by atoms with Gasteiger partial charge in [0.05, 0.1) is 10.3 Å². The summed E-state index contributed by atoms with van der Waals surface area (Å²) in [5.74, 6) is -1.90. The molecule has 0 aliphatic heterocycles. The largest absolute Gasteiger partial charge is 0.321 e. The van der Waals surface area contributed by atoms with Crippen molar-refractivity contribution in [3.63, 3.8) is 0 Å². The molecule has 3 amide bonds. The van der Waals surface area contributed by atoms with Crippen LogP contribution in [0.4, 0.5) is 21.5 Å². The molecule has 0 saturated carbocycles. The summed E-state index contributed by atoms with van der Waals surface area (Å²) in [4.78, 5) is 42.9. The van der Waals surface area contributed by atoms with Crippen molar-refractivity contribution < 1.29 is 18.8 Å². The fraction of sp³-hybridized carbons (Fsp3) is 0.0789. The quantitative estimate of drug-likeness (QED) is 0.109. The van der Waals surface area contributed by atoms with Gasteiger partial charge in [0.2, 0.25) is 5.91 Å². The van der Waals surface area contributed by atoms with Crippen molar-refractivity contribution in [3.8, 4) is 0 Å². The first-order valence-electron chi connectivity index (χ1n) is 14.9. The summed E-state index contributed by atoms with van der Waals surface area (Å²) < 4.78 is 14.6. The van der Waals surface area contributed by atoms with E-state index < -0.39 is 17.6 Å². The van der Waals surface area contributed by atoms with Crippen molar-refractivity contribution >= 4 is 64.2 Å². The molecule has 5 rings (SSSR count). The highest BCUT2D eigenvalue weighted by atomic mass is 35.5. The third-order valence-electron chi connectivity index (χ3n) is 7.10. The van der Waals surface area contributed by atoms with Gasteiger partial charge in [-0.3, -0.25) is 19.3 Å². The van der Waals surface area contributed by atoms with Crippen LogP contribution in [0.15, 0.2) is 144 Å². The second-order valence-corrected chi connectivity index (χ2v) is 12.0. The van der Waals surface area contributed by atoms with Gasteiger partial charge >= 0.3 is 0 Å². The van der Waals surface area contributed by atoms with E-state index in [0.717, 1.165) is 16.3 Å². The van der Waals surface area contributed by atoms with E-state index in [2.05, 4.69) is 10.6 Å². The van der Waals surface area contributed by atoms with Crippen molar-refractivity contribution in [3.05, 3.63) is 161 Å². The van der Waals surface area contributed by atoms with Gasteiger partial charge in [-0.05, 0) is 85.3 Å². The molecule has 1 unspecified atom stereocenters. The van der Waals surface area contributed by atoms with Gasteiger partial charge in [0.15, 0.2) is 0 Å². The Morgan fingerprint density at radius 2 is 1.36 bits per heavy atom. The van der Waals surface area contributed by atoms with Crippen LogP contribution in [-0.4, -0.2) is 23.0 Å². The summed E-state index contributed by atoms with van der Waals surface area (Å²) in [6, 6.07) is 38.6. The van der Waals surface area contributed by atoms with Crippen molar-refractivity contribution in [1.29, 1.82) is 0 Å². The maximum atomic E-state index is 14.6. The van der Waals surface area contributed by atoms with E-state index in [9.17, 15) is 18.8 Å². The minimum atomic E-state index is -0.669. The Bertz CT molecular complexity index is 1810. The second kappa shape index (κ2) is 15.9. The minimum Gasteiger partial charge on any atom is -0.321 e. The highest BCUT2D eigenvalue weighted by Gasteiger charge is 2.26. The number of carbonyl (C=O) groups excluding carboxylic acids is 3. The van der Waals surface area contributed by atoms with Crippen molar-refractivity contribution in [2.75, 3.05) is 10.2 Å². The predicted octanol–water partition coefficient (Wildman–Crippen LogP) is 9.12. The van der Waals surface area contributed by atoms with Crippen LogP contribution in [0.5, 0.6) is 0 Å². The number of carbonyl (C=O) groups is 3. The van der Waals surface area contributed by atoms with Crippen LogP contribution in [0.3, 0.4) is 0 Å².